The Morgan fingerprint density at radius 1 is 0.711 bits per heavy atom. The highest BCUT2D eigenvalue weighted by molar-refractivity contribution is 5.91. The highest BCUT2D eigenvalue weighted by Gasteiger charge is 2.23. The molecule has 0 bridgehead atoms. The van der Waals surface area contributed by atoms with E-state index in [4.69, 9.17) is 14.2 Å². The van der Waals surface area contributed by atoms with E-state index in [1.807, 2.05) is 24.3 Å². The number of esters is 3. The normalized spacial score (nSPS) is 11.5. The van der Waals surface area contributed by atoms with Crippen LogP contribution in [0.2, 0.25) is 0 Å². The minimum Gasteiger partial charge on any atom is -0.426 e. The fourth-order valence-electron chi connectivity index (χ4n) is 3.20. The van der Waals surface area contributed by atoms with E-state index in [1.54, 1.807) is 90.1 Å². The second kappa shape index (κ2) is 11.7. The summed E-state index contributed by atoms with van der Waals surface area (Å²) >= 11 is 0. The number of ether oxygens (including phenoxy) is 3. The Bertz CT molecular complexity index is 1390. The molecule has 3 aromatic carbocycles. The van der Waals surface area contributed by atoms with Gasteiger partial charge in [0.25, 0.3) is 0 Å². The second-order valence-corrected chi connectivity index (χ2v) is 9.93. The standard InChI is InChI=1S/C32H32O6/c1-8-21(4)30(34)38-28-19-24(22-9-14-26(15-10-22)37-31(35)32(5,6)7)13-18-27(28)23-11-16-25(17-12-23)36-29(33)20(2)3/h8-19H,2H2,1,3-7H3/b21-8+. The molecule has 0 saturated carbocycles. The SMILES string of the molecule is C=C(C)C(=O)Oc1ccc(-c2ccc(-c3ccc(OC(=O)C(C)(C)C)cc3)cc2OC(=O)/C(C)=C/C)cc1. The van der Waals surface area contributed by atoms with E-state index in [0.717, 1.165) is 16.7 Å². The van der Waals surface area contributed by atoms with Crippen LogP contribution in [0.4, 0.5) is 0 Å². The highest BCUT2D eigenvalue weighted by Crippen LogP contribution is 2.36. The lowest BCUT2D eigenvalue weighted by Crippen LogP contribution is -2.25. The van der Waals surface area contributed by atoms with Gasteiger partial charge >= 0.3 is 17.9 Å². The van der Waals surface area contributed by atoms with Crippen molar-refractivity contribution in [3.63, 3.8) is 0 Å². The van der Waals surface area contributed by atoms with Gasteiger partial charge in [0.15, 0.2) is 0 Å². The van der Waals surface area contributed by atoms with Crippen LogP contribution in [0, 0.1) is 5.41 Å². The zero-order valence-corrected chi connectivity index (χ0v) is 22.6. The fraction of sp³-hybridized carbons (Fsp3) is 0.219. The Morgan fingerprint density at radius 2 is 1.24 bits per heavy atom. The average Bonchev–Trinajstić information content (AvgIpc) is 2.88. The van der Waals surface area contributed by atoms with Gasteiger partial charge in [0.05, 0.1) is 5.41 Å². The van der Waals surface area contributed by atoms with Crippen LogP contribution >= 0.6 is 0 Å². The zero-order valence-electron chi connectivity index (χ0n) is 22.6. The first-order chi connectivity index (χ1) is 17.9. The van der Waals surface area contributed by atoms with Crippen LogP contribution in [0.5, 0.6) is 17.2 Å². The quantitative estimate of drug-likeness (QED) is 0.187. The topological polar surface area (TPSA) is 78.9 Å². The number of benzene rings is 3. The molecular formula is C32H32O6. The predicted molar refractivity (Wildman–Crippen MR) is 148 cm³/mol. The molecule has 0 amide bonds. The van der Waals surface area contributed by atoms with Crippen LogP contribution in [0.25, 0.3) is 22.3 Å². The third-order valence-corrected chi connectivity index (χ3v) is 5.67. The highest BCUT2D eigenvalue weighted by atomic mass is 16.5. The molecule has 3 rings (SSSR count). The minimum absolute atomic E-state index is 0.304. The van der Waals surface area contributed by atoms with Crippen LogP contribution in [0.1, 0.15) is 41.5 Å². The molecule has 0 atom stereocenters. The summed E-state index contributed by atoms with van der Waals surface area (Å²) in [6, 6.07) is 19.6. The Kier molecular flexibility index (Phi) is 8.68. The lowest BCUT2D eigenvalue weighted by atomic mass is 9.97. The first-order valence-electron chi connectivity index (χ1n) is 12.2. The summed E-state index contributed by atoms with van der Waals surface area (Å²) in [7, 11) is 0. The maximum atomic E-state index is 12.6. The molecule has 38 heavy (non-hydrogen) atoms. The molecule has 3 aromatic rings. The number of carbonyl (C=O) groups excluding carboxylic acids is 3. The Balaban J connectivity index is 1.94. The molecule has 0 spiro atoms. The molecule has 0 aliphatic carbocycles. The molecule has 0 saturated heterocycles. The molecule has 0 heterocycles. The van der Waals surface area contributed by atoms with Crippen molar-refractivity contribution >= 4 is 17.9 Å². The average molecular weight is 513 g/mol. The number of hydrogen-bond acceptors (Lipinski definition) is 6. The van der Waals surface area contributed by atoms with Crippen molar-refractivity contribution in [1.29, 1.82) is 0 Å². The monoisotopic (exact) mass is 512 g/mol. The summed E-state index contributed by atoms with van der Waals surface area (Å²) in [6.45, 7) is 14.0. The molecule has 6 heteroatoms. The largest absolute Gasteiger partial charge is 0.426 e. The predicted octanol–water partition coefficient (Wildman–Crippen LogP) is 7.33. The van der Waals surface area contributed by atoms with Crippen LogP contribution in [-0.4, -0.2) is 17.9 Å². The van der Waals surface area contributed by atoms with E-state index in [9.17, 15) is 14.4 Å². The molecule has 0 fully saturated rings. The first-order valence-corrected chi connectivity index (χ1v) is 12.2. The molecule has 0 N–H and O–H groups in total. The van der Waals surface area contributed by atoms with Crippen LogP contribution in [-0.2, 0) is 14.4 Å². The van der Waals surface area contributed by atoms with Gasteiger partial charge in [-0.3, -0.25) is 4.79 Å². The van der Waals surface area contributed by atoms with Crippen molar-refractivity contribution in [3.05, 3.63) is 90.5 Å². The van der Waals surface area contributed by atoms with E-state index in [-0.39, 0.29) is 5.97 Å². The van der Waals surface area contributed by atoms with Crippen molar-refractivity contribution in [2.75, 3.05) is 0 Å². The number of carbonyl (C=O) groups is 3. The van der Waals surface area contributed by atoms with Gasteiger partial charge in [-0.1, -0.05) is 49.1 Å². The maximum Gasteiger partial charge on any atom is 0.338 e. The molecule has 0 aliphatic rings. The minimum atomic E-state index is -0.608. The molecule has 6 nitrogen and oxygen atoms in total. The Morgan fingerprint density at radius 3 is 1.76 bits per heavy atom. The second-order valence-electron chi connectivity index (χ2n) is 9.93. The van der Waals surface area contributed by atoms with Crippen molar-refractivity contribution in [2.45, 2.75) is 41.5 Å². The van der Waals surface area contributed by atoms with E-state index >= 15 is 0 Å². The van der Waals surface area contributed by atoms with Gasteiger partial charge < -0.3 is 14.2 Å². The lowest BCUT2D eigenvalue weighted by Gasteiger charge is -2.16. The van der Waals surface area contributed by atoms with Gasteiger partial charge in [0, 0.05) is 16.7 Å². The van der Waals surface area contributed by atoms with Crippen molar-refractivity contribution in [3.8, 4) is 39.5 Å². The molecule has 0 aliphatic heterocycles. The van der Waals surface area contributed by atoms with Crippen LogP contribution in [0.15, 0.2) is 90.5 Å². The van der Waals surface area contributed by atoms with Crippen molar-refractivity contribution in [1.82, 2.24) is 0 Å². The van der Waals surface area contributed by atoms with Gasteiger partial charge in [-0.05, 0) is 88.6 Å². The smallest absolute Gasteiger partial charge is 0.338 e. The van der Waals surface area contributed by atoms with Crippen LogP contribution < -0.4 is 14.2 Å². The third-order valence-electron chi connectivity index (χ3n) is 5.67. The van der Waals surface area contributed by atoms with Gasteiger partial charge in [-0.2, -0.15) is 0 Å². The summed E-state index contributed by atoms with van der Waals surface area (Å²) in [4.78, 5) is 36.6. The summed E-state index contributed by atoms with van der Waals surface area (Å²) < 4.78 is 16.5. The summed E-state index contributed by atoms with van der Waals surface area (Å²) in [5, 5.41) is 0. The molecule has 0 aromatic heterocycles. The summed E-state index contributed by atoms with van der Waals surface area (Å²) in [5.74, 6) is -0.0608. The lowest BCUT2D eigenvalue weighted by molar-refractivity contribution is -0.143. The Labute approximate surface area is 223 Å². The van der Waals surface area contributed by atoms with E-state index in [2.05, 4.69) is 6.58 Å². The first kappa shape index (κ1) is 28.1. The van der Waals surface area contributed by atoms with E-state index in [0.29, 0.717) is 34.0 Å². The molecule has 196 valence electrons. The molecule has 0 radical (unpaired) electrons. The van der Waals surface area contributed by atoms with Crippen molar-refractivity contribution in [2.24, 2.45) is 5.41 Å². The van der Waals surface area contributed by atoms with Gasteiger partial charge in [-0.15, -0.1) is 0 Å². The van der Waals surface area contributed by atoms with E-state index in [1.165, 1.54) is 0 Å². The maximum absolute atomic E-state index is 12.6. The molecular weight excluding hydrogens is 480 g/mol. The van der Waals surface area contributed by atoms with Gasteiger partial charge in [0.2, 0.25) is 0 Å². The number of allylic oxidation sites excluding steroid dienone is 1. The number of rotatable bonds is 7. The summed E-state index contributed by atoms with van der Waals surface area (Å²) in [5.41, 5.74) is 3.32. The zero-order chi connectivity index (χ0) is 28.0. The van der Waals surface area contributed by atoms with Gasteiger partial charge in [-0.25, -0.2) is 9.59 Å². The fourth-order valence-corrected chi connectivity index (χ4v) is 3.20. The third kappa shape index (κ3) is 7.07. The number of hydrogen-bond donors (Lipinski definition) is 0. The Hall–Kier alpha value is -4.45. The summed E-state index contributed by atoms with van der Waals surface area (Å²) in [6.07, 6.45) is 1.69. The van der Waals surface area contributed by atoms with E-state index < -0.39 is 17.4 Å². The van der Waals surface area contributed by atoms with Gasteiger partial charge in [0.1, 0.15) is 17.2 Å². The molecule has 0 unspecified atom stereocenters. The van der Waals surface area contributed by atoms with Crippen molar-refractivity contribution < 1.29 is 28.6 Å². The van der Waals surface area contributed by atoms with Crippen LogP contribution in [0.3, 0.4) is 0 Å².